The Morgan fingerprint density at radius 3 is 2.38 bits per heavy atom. The summed E-state index contributed by atoms with van der Waals surface area (Å²) < 4.78 is 31.5. The molecule has 2 fully saturated rings. The minimum atomic E-state index is -3.21. The Morgan fingerprint density at radius 2 is 1.83 bits per heavy atom. The number of amides is 1. The van der Waals surface area contributed by atoms with Crippen molar-refractivity contribution in [3.8, 4) is 0 Å². The van der Waals surface area contributed by atoms with Crippen LogP contribution in [0.25, 0.3) is 0 Å². The van der Waals surface area contributed by atoms with Gasteiger partial charge in [-0.15, -0.1) is 0 Å². The molecular formula is C17H26N2O4S. The van der Waals surface area contributed by atoms with E-state index in [1.165, 1.54) is 12.5 Å². The normalized spacial score (nSPS) is 23.1. The molecule has 6 nitrogen and oxygen atoms in total. The summed E-state index contributed by atoms with van der Waals surface area (Å²) in [6.45, 7) is 3.05. The third-order valence-corrected chi connectivity index (χ3v) is 6.61. The molecule has 134 valence electrons. The number of nitrogens with zero attached hydrogens (tertiary/aromatic N) is 2. The molecular weight excluding hydrogens is 328 g/mol. The van der Waals surface area contributed by atoms with Crippen LogP contribution in [-0.2, 0) is 10.0 Å². The van der Waals surface area contributed by atoms with E-state index in [2.05, 4.69) is 0 Å². The van der Waals surface area contributed by atoms with E-state index in [1.807, 2.05) is 4.90 Å². The number of carbonyl (C=O) groups excluding carboxylic acids is 1. The van der Waals surface area contributed by atoms with Crippen molar-refractivity contribution in [2.24, 2.45) is 0 Å². The summed E-state index contributed by atoms with van der Waals surface area (Å²) in [4.78, 5) is 14.5. The third kappa shape index (κ3) is 3.52. The predicted octanol–water partition coefficient (Wildman–Crippen LogP) is 2.40. The molecule has 0 N–H and O–H groups in total. The van der Waals surface area contributed by atoms with Gasteiger partial charge in [-0.05, 0) is 45.1 Å². The first-order valence-corrected chi connectivity index (χ1v) is 10.5. The van der Waals surface area contributed by atoms with E-state index < -0.39 is 10.0 Å². The van der Waals surface area contributed by atoms with Gasteiger partial charge in [-0.3, -0.25) is 4.79 Å². The van der Waals surface area contributed by atoms with E-state index in [9.17, 15) is 13.2 Å². The van der Waals surface area contributed by atoms with Gasteiger partial charge in [0.25, 0.3) is 5.91 Å². The van der Waals surface area contributed by atoms with Gasteiger partial charge in [-0.2, -0.15) is 4.31 Å². The smallest absolute Gasteiger partial charge is 0.257 e. The summed E-state index contributed by atoms with van der Waals surface area (Å²) in [5.74, 6) is 0.615. The van der Waals surface area contributed by atoms with Crippen molar-refractivity contribution < 1.29 is 17.6 Å². The molecule has 1 saturated carbocycles. The SMILES string of the molecule is Cc1occc1C(=O)N1CCCC(N(C2CCC2)S(C)(=O)=O)CC1. The van der Waals surface area contributed by atoms with Crippen molar-refractivity contribution in [1.82, 2.24) is 9.21 Å². The topological polar surface area (TPSA) is 70.8 Å². The summed E-state index contributed by atoms with van der Waals surface area (Å²) in [5.41, 5.74) is 0.604. The minimum Gasteiger partial charge on any atom is -0.469 e. The van der Waals surface area contributed by atoms with Gasteiger partial charge in [-0.1, -0.05) is 6.42 Å². The van der Waals surface area contributed by atoms with Crippen LogP contribution in [0.1, 0.15) is 54.6 Å². The van der Waals surface area contributed by atoms with Crippen LogP contribution in [0.3, 0.4) is 0 Å². The van der Waals surface area contributed by atoms with Crippen LogP contribution >= 0.6 is 0 Å². The fraction of sp³-hybridized carbons (Fsp3) is 0.706. The van der Waals surface area contributed by atoms with Crippen molar-refractivity contribution in [3.05, 3.63) is 23.7 Å². The van der Waals surface area contributed by atoms with E-state index in [0.29, 0.717) is 30.8 Å². The molecule has 0 aromatic carbocycles. The number of hydrogen-bond acceptors (Lipinski definition) is 4. The van der Waals surface area contributed by atoms with Gasteiger partial charge in [0.05, 0.1) is 18.1 Å². The van der Waals surface area contributed by atoms with E-state index >= 15 is 0 Å². The monoisotopic (exact) mass is 354 g/mol. The number of sulfonamides is 1. The Labute approximate surface area is 143 Å². The van der Waals surface area contributed by atoms with Crippen LogP contribution in [0, 0.1) is 6.92 Å². The molecule has 1 saturated heterocycles. The maximum Gasteiger partial charge on any atom is 0.257 e. The van der Waals surface area contributed by atoms with Gasteiger partial charge < -0.3 is 9.32 Å². The molecule has 1 aromatic rings. The number of likely N-dealkylation sites (tertiary alicyclic amines) is 1. The van der Waals surface area contributed by atoms with E-state index in [-0.39, 0.29) is 18.0 Å². The first-order chi connectivity index (χ1) is 11.4. The molecule has 24 heavy (non-hydrogen) atoms. The lowest BCUT2D eigenvalue weighted by atomic mass is 9.91. The molecule has 1 aliphatic carbocycles. The highest BCUT2D eigenvalue weighted by atomic mass is 32.2. The maximum absolute atomic E-state index is 12.6. The van der Waals surface area contributed by atoms with Gasteiger partial charge in [0.1, 0.15) is 5.76 Å². The van der Waals surface area contributed by atoms with E-state index in [0.717, 1.165) is 32.1 Å². The van der Waals surface area contributed by atoms with E-state index in [1.54, 1.807) is 17.3 Å². The molecule has 1 aromatic heterocycles. The Morgan fingerprint density at radius 1 is 1.17 bits per heavy atom. The number of aryl methyl sites for hydroxylation is 1. The molecule has 1 amide bonds. The lowest BCUT2D eigenvalue weighted by molar-refractivity contribution is 0.0755. The molecule has 0 radical (unpaired) electrons. The predicted molar refractivity (Wildman–Crippen MR) is 91.3 cm³/mol. The second-order valence-corrected chi connectivity index (χ2v) is 8.83. The molecule has 1 atom stereocenters. The molecule has 0 bridgehead atoms. The maximum atomic E-state index is 12.6. The first-order valence-electron chi connectivity index (χ1n) is 8.70. The largest absolute Gasteiger partial charge is 0.469 e. The van der Waals surface area contributed by atoms with Gasteiger partial charge in [0.2, 0.25) is 10.0 Å². The summed E-state index contributed by atoms with van der Waals surface area (Å²) in [6.07, 6.45) is 8.21. The summed E-state index contributed by atoms with van der Waals surface area (Å²) in [7, 11) is -3.21. The Hall–Kier alpha value is -1.34. The molecule has 2 aliphatic rings. The molecule has 7 heteroatoms. The van der Waals surface area contributed by atoms with Crippen LogP contribution in [0.2, 0.25) is 0 Å². The average molecular weight is 354 g/mol. The van der Waals surface area contributed by atoms with Gasteiger partial charge in [0, 0.05) is 25.2 Å². The van der Waals surface area contributed by atoms with Crippen molar-refractivity contribution >= 4 is 15.9 Å². The zero-order valence-electron chi connectivity index (χ0n) is 14.4. The van der Waals surface area contributed by atoms with Gasteiger partial charge in [0.15, 0.2) is 0 Å². The number of furan rings is 1. The minimum absolute atomic E-state index is 0.00791. The van der Waals surface area contributed by atoms with Crippen molar-refractivity contribution in [2.75, 3.05) is 19.3 Å². The highest BCUT2D eigenvalue weighted by molar-refractivity contribution is 7.88. The second kappa shape index (κ2) is 6.88. The van der Waals surface area contributed by atoms with Gasteiger partial charge in [-0.25, -0.2) is 8.42 Å². The van der Waals surface area contributed by atoms with Crippen molar-refractivity contribution in [1.29, 1.82) is 0 Å². The molecule has 2 heterocycles. The lowest BCUT2D eigenvalue weighted by Gasteiger charge is -2.40. The highest BCUT2D eigenvalue weighted by Crippen LogP contribution is 2.32. The molecule has 1 unspecified atom stereocenters. The molecule has 0 spiro atoms. The standard InChI is InChI=1S/C17H26N2O4S/c1-13-16(9-12-23-13)17(20)18-10-4-7-15(8-11-18)19(24(2,21)22)14-5-3-6-14/h9,12,14-15H,3-8,10-11H2,1-2H3. The Balaban J connectivity index is 1.70. The van der Waals surface area contributed by atoms with Gasteiger partial charge >= 0.3 is 0 Å². The Kier molecular flexibility index (Phi) is 5.01. The van der Waals surface area contributed by atoms with Crippen LogP contribution in [0.5, 0.6) is 0 Å². The van der Waals surface area contributed by atoms with Crippen LogP contribution in [0.15, 0.2) is 16.7 Å². The van der Waals surface area contributed by atoms with Crippen LogP contribution in [-0.4, -0.2) is 55.0 Å². The quantitative estimate of drug-likeness (QED) is 0.832. The first kappa shape index (κ1) is 17.5. The fourth-order valence-electron chi connectivity index (χ4n) is 3.79. The van der Waals surface area contributed by atoms with Crippen LogP contribution < -0.4 is 0 Å². The zero-order chi connectivity index (χ0) is 17.3. The zero-order valence-corrected chi connectivity index (χ0v) is 15.2. The number of carbonyl (C=O) groups is 1. The molecule has 3 rings (SSSR count). The average Bonchev–Trinajstić information content (AvgIpc) is 2.75. The summed E-state index contributed by atoms with van der Waals surface area (Å²) >= 11 is 0. The second-order valence-electron chi connectivity index (χ2n) is 6.95. The molecule has 1 aliphatic heterocycles. The lowest BCUT2D eigenvalue weighted by Crippen LogP contribution is -2.50. The van der Waals surface area contributed by atoms with Crippen molar-refractivity contribution in [3.63, 3.8) is 0 Å². The highest BCUT2D eigenvalue weighted by Gasteiger charge is 2.37. The summed E-state index contributed by atoms with van der Waals surface area (Å²) in [5, 5.41) is 0. The Bertz CT molecular complexity index is 693. The van der Waals surface area contributed by atoms with Crippen LogP contribution in [0.4, 0.5) is 0 Å². The fourth-order valence-corrected chi connectivity index (χ4v) is 5.30. The summed E-state index contributed by atoms with van der Waals surface area (Å²) in [6, 6.07) is 1.87. The number of hydrogen-bond donors (Lipinski definition) is 0. The van der Waals surface area contributed by atoms with Crippen molar-refractivity contribution in [2.45, 2.75) is 57.5 Å². The number of rotatable bonds is 4. The third-order valence-electron chi connectivity index (χ3n) is 5.25. The van der Waals surface area contributed by atoms with E-state index in [4.69, 9.17) is 4.42 Å².